The highest BCUT2D eigenvalue weighted by atomic mass is 35.5. The second kappa shape index (κ2) is 5.71. The molecule has 19 heavy (non-hydrogen) atoms. The first-order chi connectivity index (χ1) is 8.96. The molecule has 0 saturated heterocycles. The fourth-order valence-corrected chi connectivity index (χ4v) is 5.31. The van der Waals surface area contributed by atoms with Crippen LogP contribution in [0.2, 0.25) is 5.02 Å². The monoisotopic (exact) mass is 301 g/mol. The van der Waals surface area contributed by atoms with E-state index >= 15 is 0 Å². The summed E-state index contributed by atoms with van der Waals surface area (Å²) in [6.45, 7) is 2.16. The molecule has 0 aliphatic heterocycles. The van der Waals surface area contributed by atoms with Gasteiger partial charge in [-0.1, -0.05) is 31.0 Å². The van der Waals surface area contributed by atoms with E-state index in [0.29, 0.717) is 18.8 Å². The zero-order valence-electron chi connectivity index (χ0n) is 11.1. The quantitative estimate of drug-likeness (QED) is 0.867. The van der Waals surface area contributed by atoms with Crippen molar-refractivity contribution in [3.8, 4) is 0 Å². The van der Waals surface area contributed by atoms with Gasteiger partial charge in [0, 0.05) is 0 Å². The number of hydrogen-bond donors (Lipinski definition) is 1. The minimum atomic E-state index is -3.41. The molecule has 2 N–H and O–H groups in total. The molecule has 0 unspecified atom stereocenters. The number of benzene rings is 1. The lowest BCUT2D eigenvalue weighted by Crippen LogP contribution is -2.28. The molecule has 0 bridgehead atoms. The predicted octanol–water partition coefficient (Wildman–Crippen LogP) is 3.66. The van der Waals surface area contributed by atoms with Crippen molar-refractivity contribution in [2.24, 2.45) is 5.92 Å². The van der Waals surface area contributed by atoms with Crippen LogP contribution in [0.15, 0.2) is 23.1 Å². The van der Waals surface area contributed by atoms with Crippen LogP contribution in [-0.4, -0.2) is 13.7 Å². The average molecular weight is 302 g/mol. The van der Waals surface area contributed by atoms with Gasteiger partial charge in [0.05, 0.1) is 16.0 Å². The first-order valence-electron chi connectivity index (χ1n) is 6.74. The largest absolute Gasteiger partial charge is 0.398 e. The van der Waals surface area contributed by atoms with Gasteiger partial charge >= 0.3 is 0 Å². The third-order valence-corrected chi connectivity index (χ3v) is 6.89. The molecule has 0 radical (unpaired) electrons. The summed E-state index contributed by atoms with van der Waals surface area (Å²) in [7, 11) is -3.41. The van der Waals surface area contributed by atoms with Crippen LogP contribution in [0.5, 0.6) is 0 Å². The first kappa shape index (κ1) is 14.7. The maximum absolute atomic E-state index is 12.7. The Labute approximate surface area is 120 Å². The summed E-state index contributed by atoms with van der Waals surface area (Å²) in [6.07, 6.45) is 4.51. The van der Waals surface area contributed by atoms with Crippen LogP contribution in [0.3, 0.4) is 0 Å². The van der Waals surface area contributed by atoms with Crippen LogP contribution in [0.1, 0.15) is 39.0 Å². The number of nitrogens with two attached hydrogens (primary N) is 1. The Bertz CT molecular complexity index is 528. The maximum atomic E-state index is 12.7. The summed E-state index contributed by atoms with van der Waals surface area (Å²) in [5.74, 6) is 0.662. The summed E-state index contributed by atoms with van der Waals surface area (Å²) in [6, 6.07) is 4.85. The van der Waals surface area contributed by atoms with E-state index < -0.39 is 9.84 Å². The highest BCUT2D eigenvalue weighted by molar-refractivity contribution is 7.92. The lowest BCUT2D eigenvalue weighted by Gasteiger charge is -2.28. The van der Waals surface area contributed by atoms with Gasteiger partial charge in [0.2, 0.25) is 0 Å². The number of anilines is 1. The van der Waals surface area contributed by atoms with Gasteiger partial charge in [-0.15, -0.1) is 0 Å². The van der Waals surface area contributed by atoms with E-state index in [1.807, 2.05) is 0 Å². The number of rotatable bonds is 3. The molecule has 1 saturated carbocycles. The average Bonchev–Trinajstić information content (AvgIpc) is 2.38. The van der Waals surface area contributed by atoms with Crippen LogP contribution >= 0.6 is 11.6 Å². The van der Waals surface area contributed by atoms with Crippen molar-refractivity contribution in [3.63, 3.8) is 0 Å². The first-order valence-corrected chi connectivity index (χ1v) is 8.67. The van der Waals surface area contributed by atoms with Crippen LogP contribution in [0.4, 0.5) is 5.69 Å². The zero-order valence-corrected chi connectivity index (χ0v) is 12.7. The number of halogens is 1. The summed E-state index contributed by atoms with van der Waals surface area (Å²) >= 11 is 6.03. The van der Waals surface area contributed by atoms with Crippen molar-refractivity contribution in [1.29, 1.82) is 0 Å². The van der Waals surface area contributed by atoms with E-state index in [-0.39, 0.29) is 20.9 Å². The lowest BCUT2D eigenvalue weighted by atomic mass is 9.87. The Kier molecular flexibility index (Phi) is 4.41. The highest BCUT2D eigenvalue weighted by Gasteiger charge is 2.34. The lowest BCUT2D eigenvalue weighted by molar-refractivity contribution is 0.348. The molecule has 0 aromatic heterocycles. The Morgan fingerprint density at radius 2 is 1.89 bits per heavy atom. The molecule has 1 aromatic carbocycles. The Morgan fingerprint density at radius 1 is 1.26 bits per heavy atom. The van der Waals surface area contributed by atoms with Gasteiger partial charge in [-0.25, -0.2) is 8.42 Å². The highest BCUT2D eigenvalue weighted by Crippen LogP contribution is 2.37. The van der Waals surface area contributed by atoms with Gasteiger partial charge < -0.3 is 5.73 Å². The Morgan fingerprint density at radius 3 is 2.42 bits per heavy atom. The smallest absolute Gasteiger partial charge is 0.184 e. The van der Waals surface area contributed by atoms with E-state index in [1.165, 1.54) is 0 Å². The van der Waals surface area contributed by atoms with Gasteiger partial charge in [0.25, 0.3) is 0 Å². The summed E-state index contributed by atoms with van der Waals surface area (Å²) in [5.41, 5.74) is 6.06. The van der Waals surface area contributed by atoms with E-state index in [1.54, 1.807) is 18.2 Å². The fourth-order valence-electron chi connectivity index (χ4n) is 2.84. The van der Waals surface area contributed by atoms with Crippen LogP contribution < -0.4 is 5.73 Å². The summed E-state index contributed by atoms with van der Waals surface area (Å²) < 4.78 is 25.3. The minimum absolute atomic E-state index is 0.122. The second-order valence-corrected chi connectivity index (χ2v) is 7.83. The van der Waals surface area contributed by atoms with E-state index in [4.69, 9.17) is 17.3 Å². The molecular formula is C14H20ClNO2S. The van der Waals surface area contributed by atoms with Crippen LogP contribution in [0, 0.1) is 5.92 Å². The van der Waals surface area contributed by atoms with Crippen molar-refractivity contribution in [3.05, 3.63) is 23.2 Å². The molecule has 0 heterocycles. The molecule has 1 aliphatic carbocycles. The molecule has 106 valence electrons. The van der Waals surface area contributed by atoms with Gasteiger partial charge in [0.1, 0.15) is 4.90 Å². The van der Waals surface area contributed by atoms with E-state index in [9.17, 15) is 8.42 Å². The molecule has 0 amide bonds. The molecule has 0 spiro atoms. The number of sulfone groups is 1. The van der Waals surface area contributed by atoms with Crippen molar-refractivity contribution in [1.82, 2.24) is 0 Å². The second-order valence-electron chi connectivity index (χ2n) is 5.25. The molecule has 1 aliphatic rings. The van der Waals surface area contributed by atoms with E-state index in [0.717, 1.165) is 19.3 Å². The summed E-state index contributed by atoms with van der Waals surface area (Å²) in [5, 5.41) is -0.102. The SMILES string of the molecule is CCC1CCC(S(=O)(=O)c2c(N)cccc2Cl)CC1. The third kappa shape index (κ3) is 2.90. The Hall–Kier alpha value is -0.740. The van der Waals surface area contributed by atoms with Gasteiger partial charge in [0.15, 0.2) is 9.84 Å². The standard InChI is InChI=1S/C14H20ClNO2S/c1-2-10-6-8-11(9-7-10)19(17,18)14-12(15)4-3-5-13(14)16/h3-5,10-11H,2,6-9,16H2,1H3. The number of hydrogen-bond acceptors (Lipinski definition) is 3. The number of nitrogen functional groups attached to an aromatic ring is 1. The third-order valence-electron chi connectivity index (χ3n) is 4.09. The molecule has 3 nitrogen and oxygen atoms in total. The van der Waals surface area contributed by atoms with Crippen molar-refractivity contribution >= 4 is 27.1 Å². The molecule has 1 fully saturated rings. The van der Waals surface area contributed by atoms with Crippen molar-refractivity contribution in [2.45, 2.75) is 49.2 Å². The van der Waals surface area contributed by atoms with E-state index in [2.05, 4.69) is 6.92 Å². The maximum Gasteiger partial charge on any atom is 0.184 e. The molecular weight excluding hydrogens is 282 g/mol. The normalized spacial score (nSPS) is 24.3. The van der Waals surface area contributed by atoms with Crippen LogP contribution in [0.25, 0.3) is 0 Å². The van der Waals surface area contributed by atoms with Crippen molar-refractivity contribution < 1.29 is 8.42 Å². The molecule has 5 heteroatoms. The zero-order chi connectivity index (χ0) is 14.0. The Balaban J connectivity index is 2.29. The topological polar surface area (TPSA) is 60.2 Å². The predicted molar refractivity (Wildman–Crippen MR) is 79.1 cm³/mol. The molecule has 0 atom stereocenters. The van der Waals surface area contributed by atoms with Crippen molar-refractivity contribution in [2.75, 3.05) is 5.73 Å². The molecule has 2 rings (SSSR count). The molecule has 1 aromatic rings. The van der Waals surface area contributed by atoms with Gasteiger partial charge in [-0.3, -0.25) is 0 Å². The minimum Gasteiger partial charge on any atom is -0.398 e. The van der Waals surface area contributed by atoms with Gasteiger partial charge in [-0.2, -0.15) is 0 Å². The summed E-state index contributed by atoms with van der Waals surface area (Å²) in [4.78, 5) is 0.122. The van der Waals surface area contributed by atoms with Crippen LogP contribution in [-0.2, 0) is 9.84 Å². The fraction of sp³-hybridized carbons (Fsp3) is 0.571. The van der Waals surface area contributed by atoms with Gasteiger partial charge in [-0.05, 0) is 43.7 Å².